The molecule has 0 saturated carbocycles. The van der Waals surface area contributed by atoms with E-state index in [-0.39, 0.29) is 17.9 Å². The highest BCUT2D eigenvalue weighted by molar-refractivity contribution is 7.89. The van der Waals surface area contributed by atoms with Crippen LogP contribution >= 0.6 is 0 Å². The van der Waals surface area contributed by atoms with Gasteiger partial charge in [-0.2, -0.15) is 0 Å². The summed E-state index contributed by atoms with van der Waals surface area (Å²) in [6.07, 6.45) is 1.75. The number of fused-ring (bicyclic) bond motifs is 1. The highest BCUT2D eigenvalue weighted by Gasteiger charge is 2.11. The van der Waals surface area contributed by atoms with Gasteiger partial charge in [-0.05, 0) is 25.0 Å². The third-order valence-corrected chi connectivity index (χ3v) is 5.38. The van der Waals surface area contributed by atoms with Crippen molar-refractivity contribution in [3.8, 4) is 11.5 Å². The average Bonchev–Trinajstić information content (AvgIpc) is 2.59. The van der Waals surface area contributed by atoms with Gasteiger partial charge in [0.05, 0.1) is 25.5 Å². The summed E-state index contributed by atoms with van der Waals surface area (Å²) in [5, 5.41) is 0.793. The van der Waals surface area contributed by atoms with Crippen molar-refractivity contribution in [3.63, 3.8) is 0 Å². The minimum atomic E-state index is -3.29. The summed E-state index contributed by atoms with van der Waals surface area (Å²) in [6, 6.07) is 5.22. The Hall–Kier alpha value is -2.06. The lowest BCUT2D eigenvalue weighted by atomic mass is 10.1. The van der Waals surface area contributed by atoms with Crippen LogP contribution in [-0.2, 0) is 16.4 Å². The summed E-state index contributed by atoms with van der Waals surface area (Å²) in [6.45, 7) is 2.13. The van der Waals surface area contributed by atoms with Crippen LogP contribution in [0.3, 0.4) is 0 Å². The van der Waals surface area contributed by atoms with Crippen LogP contribution in [0.15, 0.2) is 23.0 Å². The molecule has 0 radical (unpaired) electrons. The van der Waals surface area contributed by atoms with Gasteiger partial charge in [0.15, 0.2) is 11.5 Å². The molecule has 2 aromatic rings. The maximum Gasteiger partial charge on any atom is 0.251 e. The summed E-state index contributed by atoms with van der Waals surface area (Å²) < 4.78 is 36.6. The van der Waals surface area contributed by atoms with Gasteiger partial charge in [-0.1, -0.05) is 13.3 Å². The molecule has 0 aliphatic carbocycles. The standard InChI is InChI=1S/C17H24N2O5S/c1-4-5-8-25(21,22)18-7-6-12-9-13-10-15(23-2)16(24-3)11-14(13)19-17(12)20/h9-11,18H,4-8H2,1-3H3,(H,19,20). The molecule has 0 fully saturated rings. The fourth-order valence-corrected chi connectivity index (χ4v) is 3.74. The van der Waals surface area contributed by atoms with E-state index in [1.165, 1.54) is 7.11 Å². The van der Waals surface area contributed by atoms with Crippen LogP contribution in [0.5, 0.6) is 11.5 Å². The SMILES string of the molecule is CCCCS(=O)(=O)NCCc1cc2cc(OC)c(OC)cc2[nH]c1=O. The minimum absolute atomic E-state index is 0.106. The lowest BCUT2D eigenvalue weighted by molar-refractivity contribution is 0.356. The van der Waals surface area contributed by atoms with Gasteiger partial charge in [-0.15, -0.1) is 0 Å². The van der Waals surface area contributed by atoms with Crippen molar-refractivity contribution in [2.75, 3.05) is 26.5 Å². The average molecular weight is 368 g/mol. The molecular formula is C17H24N2O5S. The molecule has 0 bridgehead atoms. The van der Waals surface area contributed by atoms with E-state index < -0.39 is 10.0 Å². The maximum absolute atomic E-state index is 12.2. The number of aromatic amines is 1. The third-order valence-electron chi connectivity index (χ3n) is 3.91. The number of hydrogen-bond acceptors (Lipinski definition) is 5. The molecule has 138 valence electrons. The number of rotatable bonds is 9. The highest BCUT2D eigenvalue weighted by atomic mass is 32.2. The van der Waals surface area contributed by atoms with Gasteiger partial charge in [0.1, 0.15) is 0 Å². The van der Waals surface area contributed by atoms with Crippen LogP contribution in [0, 0.1) is 0 Å². The van der Waals surface area contributed by atoms with E-state index in [4.69, 9.17) is 9.47 Å². The van der Waals surface area contributed by atoms with Crippen molar-refractivity contribution in [1.29, 1.82) is 0 Å². The predicted molar refractivity (Wildman–Crippen MR) is 98.1 cm³/mol. The molecule has 8 heteroatoms. The number of methoxy groups -OCH3 is 2. The molecule has 0 atom stereocenters. The van der Waals surface area contributed by atoms with Crippen molar-refractivity contribution in [2.45, 2.75) is 26.2 Å². The number of H-pyrrole nitrogens is 1. The zero-order valence-electron chi connectivity index (χ0n) is 14.7. The lowest BCUT2D eigenvalue weighted by Crippen LogP contribution is -2.29. The Bertz CT molecular complexity index is 890. The molecule has 0 amide bonds. The van der Waals surface area contributed by atoms with Gasteiger partial charge in [0.2, 0.25) is 10.0 Å². The fraction of sp³-hybridized carbons (Fsp3) is 0.471. The number of hydrogen-bond donors (Lipinski definition) is 2. The highest BCUT2D eigenvalue weighted by Crippen LogP contribution is 2.30. The Kier molecular flexibility index (Phi) is 6.44. The Morgan fingerprint density at radius 2 is 1.80 bits per heavy atom. The van der Waals surface area contributed by atoms with Crippen molar-refractivity contribution >= 4 is 20.9 Å². The molecule has 1 heterocycles. The van der Waals surface area contributed by atoms with Crippen LogP contribution in [0.2, 0.25) is 0 Å². The Morgan fingerprint density at radius 1 is 1.12 bits per heavy atom. The molecule has 0 spiro atoms. The lowest BCUT2D eigenvalue weighted by Gasteiger charge is -2.10. The molecule has 0 aliphatic rings. The third kappa shape index (κ3) is 4.96. The number of nitrogens with one attached hydrogen (secondary N) is 2. The molecule has 25 heavy (non-hydrogen) atoms. The number of pyridine rings is 1. The van der Waals surface area contributed by atoms with Crippen molar-refractivity contribution in [3.05, 3.63) is 34.1 Å². The molecule has 2 rings (SSSR count). The molecule has 2 N–H and O–H groups in total. The van der Waals surface area contributed by atoms with Crippen LogP contribution in [0.25, 0.3) is 10.9 Å². The van der Waals surface area contributed by atoms with Crippen LogP contribution in [0.4, 0.5) is 0 Å². The summed E-state index contributed by atoms with van der Waals surface area (Å²) in [5.41, 5.74) is 0.903. The molecule has 1 aromatic carbocycles. The fourth-order valence-electron chi connectivity index (χ4n) is 2.51. The van der Waals surface area contributed by atoms with Crippen molar-refractivity contribution < 1.29 is 17.9 Å². The first-order valence-corrected chi connectivity index (χ1v) is 9.80. The summed E-state index contributed by atoms with van der Waals surface area (Å²) in [7, 11) is -0.216. The maximum atomic E-state index is 12.2. The van der Waals surface area contributed by atoms with E-state index in [2.05, 4.69) is 9.71 Å². The number of unbranched alkanes of at least 4 members (excludes halogenated alkanes) is 1. The van der Waals surface area contributed by atoms with Gasteiger partial charge in [-0.25, -0.2) is 13.1 Å². The van der Waals surface area contributed by atoms with Gasteiger partial charge in [0.25, 0.3) is 5.56 Å². The smallest absolute Gasteiger partial charge is 0.251 e. The molecule has 0 unspecified atom stereocenters. The Morgan fingerprint density at radius 3 is 2.44 bits per heavy atom. The van der Waals surface area contributed by atoms with E-state index in [1.54, 1.807) is 25.3 Å². The summed E-state index contributed by atoms with van der Waals surface area (Å²) >= 11 is 0. The predicted octanol–water partition coefficient (Wildman–Crippen LogP) is 1.81. The zero-order valence-corrected chi connectivity index (χ0v) is 15.5. The van der Waals surface area contributed by atoms with Crippen LogP contribution in [0.1, 0.15) is 25.3 Å². The van der Waals surface area contributed by atoms with Crippen molar-refractivity contribution in [2.24, 2.45) is 0 Å². The molecule has 0 saturated heterocycles. The molecule has 7 nitrogen and oxygen atoms in total. The first-order valence-electron chi connectivity index (χ1n) is 8.15. The molecular weight excluding hydrogens is 344 g/mol. The number of ether oxygens (including phenoxy) is 2. The Balaban J connectivity index is 2.19. The second kappa shape index (κ2) is 8.35. The van der Waals surface area contributed by atoms with Crippen LogP contribution in [-0.4, -0.2) is 39.9 Å². The number of benzene rings is 1. The number of sulfonamides is 1. The van der Waals surface area contributed by atoms with Crippen LogP contribution < -0.4 is 19.8 Å². The topological polar surface area (TPSA) is 97.5 Å². The van der Waals surface area contributed by atoms with E-state index in [9.17, 15) is 13.2 Å². The monoisotopic (exact) mass is 368 g/mol. The quantitative estimate of drug-likeness (QED) is 0.703. The van der Waals surface area contributed by atoms with Gasteiger partial charge < -0.3 is 14.5 Å². The Labute approximate surface area is 147 Å². The normalized spacial score (nSPS) is 11.6. The second-order valence-electron chi connectivity index (χ2n) is 5.73. The largest absolute Gasteiger partial charge is 0.493 e. The van der Waals surface area contributed by atoms with E-state index in [1.807, 2.05) is 6.92 Å². The first-order chi connectivity index (χ1) is 11.9. The van der Waals surface area contributed by atoms with Gasteiger partial charge >= 0.3 is 0 Å². The number of aromatic nitrogens is 1. The van der Waals surface area contributed by atoms with E-state index >= 15 is 0 Å². The van der Waals surface area contributed by atoms with Gasteiger partial charge in [0, 0.05) is 23.6 Å². The van der Waals surface area contributed by atoms with E-state index in [0.717, 1.165) is 11.8 Å². The summed E-state index contributed by atoms with van der Waals surface area (Å²) in [5.74, 6) is 1.20. The first kappa shape index (κ1) is 19.3. The minimum Gasteiger partial charge on any atom is -0.493 e. The van der Waals surface area contributed by atoms with Crippen molar-refractivity contribution in [1.82, 2.24) is 9.71 Å². The van der Waals surface area contributed by atoms with Gasteiger partial charge in [-0.3, -0.25) is 4.79 Å². The zero-order chi connectivity index (χ0) is 18.4. The van der Waals surface area contributed by atoms with E-state index in [0.29, 0.717) is 35.4 Å². The summed E-state index contributed by atoms with van der Waals surface area (Å²) in [4.78, 5) is 15.0. The molecule has 1 aromatic heterocycles. The second-order valence-corrected chi connectivity index (χ2v) is 7.66. The molecule has 0 aliphatic heterocycles.